The van der Waals surface area contributed by atoms with Crippen molar-refractivity contribution in [2.75, 3.05) is 6.54 Å². The lowest BCUT2D eigenvalue weighted by molar-refractivity contribution is -0.457. The summed E-state index contributed by atoms with van der Waals surface area (Å²) < 4.78 is 1.19. The van der Waals surface area contributed by atoms with E-state index in [0.717, 1.165) is 0 Å². The van der Waals surface area contributed by atoms with E-state index >= 15 is 0 Å². The molecule has 0 aliphatic carbocycles. The van der Waals surface area contributed by atoms with Crippen LogP contribution in [0.15, 0.2) is 0 Å². The van der Waals surface area contributed by atoms with Crippen LogP contribution in [-0.2, 0) is 4.79 Å². The molecule has 0 aromatic carbocycles. The van der Waals surface area contributed by atoms with Crippen LogP contribution in [0.4, 0.5) is 0 Å². The summed E-state index contributed by atoms with van der Waals surface area (Å²) in [5, 5.41) is 0. The lowest BCUT2D eigenvalue weighted by Crippen LogP contribution is -1.96. The highest BCUT2D eigenvalue weighted by Crippen LogP contribution is 1.58. The highest BCUT2D eigenvalue weighted by atomic mass is 16.1. The molecule has 0 heterocycles. The van der Waals surface area contributed by atoms with Crippen molar-refractivity contribution in [1.29, 1.82) is 0 Å². The van der Waals surface area contributed by atoms with Gasteiger partial charge in [-0.1, -0.05) is 0 Å². The zero-order valence-corrected chi connectivity index (χ0v) is 3.77. The van der Waals surface area contributed by atoms with E-state index in [2.05, 4.69) is 7.05 Å². The van der Waals surface area contributed by atoms with Gasteiger partial charge in [-0.15, -0.1) is 4.58 Å². The summed E-state index contributed by atoms with van der Waals surface area (Å²) in [6.45, 7) is 2.46. The van der Waals surface area contributed by atoms with E-state index in [1.54, 1.807) is 6.08 Å². The number of hydrogen-bond donors (Lipinski definition) is 0. The van der Waals surface area contributed by atoms with Crippen LogP contribution < -0.4 is 0 Å². The Labute approximate surface area is 37.1 Å². The number of carbonyl (C=O) groups excluding carboxylic acids is 1. The number of nitrogens with zero attached hydrogens (tertiary/aromatic N) is 1. The predicted molar refractivity (Wildman–Crippen MR) is 21.9 cm³/mol. The Hall–Kier alpha value is -0.620. The lowest BCUT2D eigenvalue weighted by Gasteiger charge is -1.72. The molecule has 0 unspecified atom stereocenters. The van der Waals surface area contributed by atoms with Crippen LogP contribution in [-0.4, -0.2) is 17.2 Å². The highest BCUT2D eigenvalue weighted by Gasteiger charge is 1.82. The van der Waals surface area contributed by atoms with Crippen LogP contribution in [0.25, 0.3) is 0 Å². The molecule has 0 aliphatic rings. The number of isocyanates is 1. The summed E-state index contributed by atoms with van der Waals surface area (Å²) in [5.41, 5.74) is 0. The first-order valence-electron chi connectivity index (χ1n) is 1.77. The minimum atomic E-state index is 0.628. The van der Waals surface area contributed by atoms with Gasteiger partial charge in [0.15, 0.2) is 6.54 Å². The Morgan fingerprint density at radius 3 is 2.50 bits per heavy atom. The van der Waals surface area contributed by atoms with Crippen molar-refractivity contribution in [3.8, 4) is 0 Å². The maximum absolute atomic E-state index is 9.47. The van der Waals surface area contributed by atoms with Crippen LogP contribution in [0.3, 0.4) is 0 Å². The summed E-state index contributed by atoms with van der Waals surface area (Å²) in [7, 11) is 3.28. The summed E-state index contributed by atoms with van der Waals surface area (Å²) >= 11 is 0. The summed E-state index contributed by atoms with van der Waals surface area (Å²) in [6.07, 6.45) is 1.59. The van der Waals surface area contributed by atoms with Crippen molar-refractivity contribution in [3.05, 3.63) is 7.05 Å². The minimum Gasteiger partial charge on any atom is -0.159 e. The Bertz CT molecular complexity index is 81.5. The van der Waals surface area contributed by atoms with Gasteiger partial charge in [-0.2, -0.15) is 4.79 Å². The molecule has 0 atom stereocenters. The molecule has 0 N–H and O–H groups in total. The molecule has 0 amide bonds. The van der Waals surface area contributed by atoms with Gasteiger partial charge < -0.3 is 0 Å². The molecule has 0 fully saturated rings. The van der Waals surface area contributed by atoms with E-state index in [4.69, 9.17) is 0 Å². The fraction of sp³-hybridized carbons (Fsp3) is 0.500. The molecule has 1 radical (unpaired) electrons. The van der Waals surface area contributed by atoms with E-state index < -0.39 is 0 Å². The molecule has 33 valence electrons. The average molecular weight is 85.1 g/mol. The van der Waals surface area contributed by atoms with Gasteiger partial charge in [-0.25, -0.2) is 0 Å². The summed E-state index contributed by atoms with van der Waals surface area (Å²) in [6, 6.07) is 0. The fourth-order valence-corrected chi connectivity index (χ4v) is 0.0645. The Balaban J connectivity index is 3.52. The van der Waals surface area contributed by atoms with Crippen LogP contribution in [0.1, 0.15) is 6.92 Å². The zero-order valence-electron chi connectivity index (χ0n) is 3.77. The van der Waals surface area contributed by atoms with Crippen molar-refractivity contribution < 1.29 is 9.37 Å². The van der Waals surface area contributed by atoms with Crippen LogP contribution in [0.2, 0.25) is 0 Å². The highest BCUT2D eigenvalue weighted by molar-refractivity contribution is 5.24. The van der Waals surface area contributed by atoms with Gasteiger partial charge in [0.2, 0.25) is 7.05 Å². The third-order valence-electron chi connectivity index (χ3n) is 0.511. The largest absolute Gasteiger partial charge is 0.424 e. The molecule has 0 saturated carbocycles. The van der Waals surface area contributed by atoms with Crippen molar-refractivity contribution >= 4 is 6.08 Å². The van der Waals surface area contributed by atoms with Crippen LogP contribution in [0.5, 0.6) is 0 Å². The smallest absolute Gasteiger partial charge is 0.159 e. The van der Waals surface area contributed by atoms with Gasteiger partial charge in [0.1, 0.15) is 0 Å². The Morgan fingerprint density at radius 1 is 2.00 bits per heavy atom. The molecule has 0 bridgehead atoms. The predicted octanol–water partition coefficient (Wildman–Crippen LogP) is 0.146. The zero-order chi connectivity index (χ0) is 4.99. The number of hydrogen-bond acceptors (Lipinski definition) is 1. The topological polar surface area (TPSA) is 20.1 Å². The fourth-order valence-electron chi connectivity index (χ4n) is 0.0645. The van der Waals surface area contributed by atoms with E-state index in [1.165, 1.54) is 4.58 Å². The molecule has 2 nitrogen and oxygen atoms in total. The first-order valence-corrected chi connectivity index (χ1v) is 1.77. The van der Waals surface area contributed by atoms with Gasteiger partial charge >= 0.3 is 6.08 Å². The monoisotopic (exact) mass is 85.1 g/mol. The molecule has 0 aliphatic heterocycles. The second kappa shape index (κ2) is 2.61. The molecule has 0 rings (SSSR count). The lowest BCUT2D eigenvalue weighted by atomic mass is 10.7. The minimum absolute atomic E-state index is 0.628. The second-order valence-electron chi connectivity index (χ2n) is 0.947. The van der Waals surface area contributed by atoms with Crippen molar-refractivity contribution in [3.63, 3.8) is 0 Å². The van der Waals surface area contributed by atoms with Crippen molar-refractivity contribution in [2.24, 2.45) is 0 Å². The van der Waals surface area contributed by atoms with Gasteiger partial charge in [0.05, 0.1) is 0 Å². The van der Waals surface area contributed by atoms with E-state index in [-0.39, 0.29) is 0 Å². The van der Waals surface area contributed by atoms with E-state index in [9.17, 15) is 4.79 Å². The summed E-state index contributed by atoms with van der Waals surface area (Å²) in [5.74, 6) is 0. The molecule has 6 heavy (non-hydrogen) atoms. The molecule has 0 spiro atoms. The third-order valence-corrected chi connectivity index (χ3v) is 0.511. The SMILES string of the molecule is [CH2][N+](=C=O)CC. The van der Waals surface area contributed by atoms with Crippen LogP contribution >= 0.6 is 0 Å². The molecular weight excluding hydrogens is 78.0 g/mol. The van der Waals surface area contributed by atoms with Gasteiger partial charge in [0.25, 0.3) is 0 Å². The first-order chi connectivity index (χ1) is 2.81. The third kappa shape index (κ3) is 1.68. The summed E-state index contributed by atoms with van der Waals surface area (Å²) in [4.78, 5) is 9.47. The van der Waals surface area contributed by atoms with E-state index in [0.29, 0.717) is 6.54 Å². The Kier molecular flexibility index (Phi) is 2.34. The maximum atomic E-state index is 9.47. The normalized spacial score (nSPS) is 7.00. The van der Waals surface area contributed by atoms with Gasteiger partial charge in [-0.3, -0.25) is 0 Å². The molecular formula is C4H7NO+. The Morgan fingerprint density at radius 2 is 2.50 bits per heavy atom. The van der Waals surface area contributed by atoms with Crippen molar-refractivity contribution in [1.82, 2.24) is 0 Å². The number of rotatable bonds is 1. The molecule has 0 aromatic rings. The van der Waals surface area contributed by atoms with Crippen LogP contribution in [0, 0.1) is 7.05 Å². The van der Waals surface area contributed by atoms with E-state index in [1.807, 2.05) is 6.92 Å². The molecule has 0 saturated heterocycles. The second-order valence-corrected chi connectivity index (χ2v) is 0.947. The van der Waals surface area contributed by atoms with Gasteiger partial charge in [0, 0.05) is 0 Å². The van der Waals surface area contributed by atoms with Gasteiger partial charge in [-0.05, 0) is 6.92 Å². The average Bonchev–Trinajstić information content (AvgIpc) is 1.65. The quantitative estimate of drug-likeness (QED) is 0.252. The first kappa shape index (κ1) is 5.38. The molecule has 2 heteroatoms. The standard InChI is InChI=1S/C4H7NO/c1-3-5(2)4-6/h2-3H2,1H3/q+1. The molecule has 0 aromatic heterocycles. The maximum Gasteiger partial charge on any atom is 0.424 e. The van der Waals surface area contributed by atoms with Crippen molar-refractivity contribution in [2.45, 2.75) is 6.92 Å².